The van der Waals surface area contributed by atoms with Crippen molar-refractivity contribution in [2.75, 3.05) is 13.2 Å². The smallest absolute Gasteiger partial charge is 0.407 e. The Labute approximate surface area is 172 Å². The first-order valence-electron chi connectivity index (χ1n) is 10.8. The quantitative estimate of drug-likeness (QED) is 0.767. The largest absolute Gasteiger partial charge is 0.465 e. The van der Waals surface area contributed by atoms with Crippen LogP contribution in [0.1, 0.15) is 67.2 Å². The fourth-order valence-electron chi connectivity index (χ4n) is 5.09. The Bertz CT molecular complexity index is 799. The van der Waals surface area contributed by atoms with Crippen LogP contribution in [-0.4, -0.2) is 51.6 Å². The first kappa shape index (κ1) is 20.0. The van der Waals surface area contributed by atoms with Gasteiger partial charge in [0.1, 0.15) is 0 Å². The van der Waals surface area contributed by atoms with E-state index in [0.717, 1.165) is 49.8 Å². The Hall–Kier alpha value is -2.34. The van der Waals surface area contributed by atoms with Gasteiger partial charge in [-0.2, -0.15) is 5.10 Å². The van der Waals surface area contributed by atoms with Crippen LogP contribution >= 0.6 is 0 Å². The number of H-pyrrole nitrogens is 1. The van der Waals surface area contributed by atoms with E-state index in [1.165, 1.54) is 5.56 Å². The lowest BCUT2D eigenvalue weighted by molar-refractivity contribution is -0.0224. The summed E-state index contributed by atoms with van der Waals surface area (Å²) in [4.78, 5) is 13.4. The molecule has 2 fully saturated rings. The van der Waals surface area contributed by atoms with Crippen molar-refractivity contribution in [3.63, 3.8) is 0 Å². The van der Waals surface area contributed by atoms with Crippen LogP contribution in [0, 0.1) is 6.92 Å². The SMILES string of the molecule is Cc1cn[nH]c1[C@H]1CCCN(C(=O)O)[C@H]1COC1CCC(c2ccccc2)CC1. The molecule has 4 rings (SSSR count). The molecule has 2 atom stereocenters. The molecule has 1 amide bonds. The number of hydrogen-bond acceptors (Lipinski definition) is 3. The van der Waals surface area contributed by atoms with Gasteiger partial charge in [0.25, 0.3) is 0 Å². The molecule has 0 spiro atoms. The Balaban J connectivity index is 1.38. The molecular formula is C23H31N3O3. The van der Waals surface area contributed by atoms with E-state index in [2.05, 4.69) is 40.5 Å². The van der Waals surface area contributed by atoms with Gasteiger partial charge in [-0.25, -0.2) is 4.79 Å². The molecule has 6 nitrogen and oxygen atoms in total. The standard InChI is InChI=1S/C23H31N3O3/c1-16-14-24-25-22(16)20-8-5-13-26(23(27)28)21(20)15-29-19-11-9-18(10-12-19)17-6-3-2-4-7-17/h2-4,6-7,14,18-21H,5,8-13,15H2,1H3,(H,24,25)(H,27,28)/t18?,19?,20-,21-/m0/s1. The molecule has 2 heterocycles. The number of benzene rings is 1. The summed E-state index contributed by atoms with van der Waals surface area (Å²) in [5.41, 5.74) is 3.57. The predicted molar refractivity (Wildman–Crippen MR) is 111 cm³/mol. The highest BCUT2D eigenvalue weighted by atomic mass is 16.5. The monoisotopic (exact) mass is 397 g/mol. The van der Waals surface area contributed by atoms with Crippen molar-refractivity contribution in [2.24, 2.45) is 0 Å². The Morgan fingerprint density at radius 2 is 1.97 bits per heavy atom. The van der Waals surface area contributed by atoms with E-state index in [0.29, 0.717) is 19.1 Å². The average Bonchev–Trinajstić information content (AvgIpc) is 3.18. The van der Waals surface area contributed by atoms with E-state index in [1.54, 1.807) is 4.90 Å². The number of piperidine rings is 1. The lowest BCUT2D eigenvalue weighted by Crippen LogP contribution is -2.50. The van der Waals surface area contributed by atoms with Gasteiger partial charge in [-0.1, -0.05) is 30.3 Å². The summed E-state index contributed by atoms with van der Waals surface area (Å²) in [5, 5.41) is 17.0. The molecule has 0 bridgehead atoms. The van der Waals surface area contributed by atoms with Gasteiger partial charge in [-0.05, 0) is 62.5 Å². The number of nitrogens with one attached hydrogen (secondary N) is 1. The highest BCUT2D eigenvalue weighted by molar-refractivity contribution is 5.66. The van der Waals surface area contributed by atoms with Crippen molar-refractivity contribution >= 4 is 6.09 Å². The Morgan fingerprint density at radius 3 is 2.62 bits per heavy atom. The zero-order valence-corrected chi connectivity index (χ0v) is 17.1. The van der Waals surface area contributed by atoms with Crippen LogP contribution in [-0.2, 0) is 4.74 Å². The topological polar surface area (TPSA) is 78.5 Å². The molecule has 1 aliphatic carbocycles. The maximum Gasteiger partial charge on any atom is 0.407 e. The normalized spacial score (nSPS) is 27.7. The molecular weight excluding hydrogens is 366 g/mol. The van der Waals surface area contributed by atoms with Gasteiger partial charge in [0, 0.05) is 18.2 Å². The van der Waals surface area contributed by atoms with Crippen LogP contribution in [0.3, 0.4) is 0 Å². The first-order chi connectivity index (χ1) is 14.1. The molecule has 1 saturated carbocycles. The molecule has 156 valence electrons. The second kappa shape index (κ2) is 8.99. The summed E-state index contributed by atoms with van der Waals surface area (Å²) < 4.78 is 6.32. The average molecular weight is 398 g/mol. The fraction of sp³-hybridized carbons (Fsp3) is 0.565. The van der Waals surface area contributed by atoms with Crippen LogP contribution in [0.4, 0.5) is 4.79 Å². The zero-order valence-electron chi connectivity index (χ0n) is 17.1. The van der Waals surface area contributed by atoms with Crippen LogP contribution in [0.15, 0.2) is 36.5 Å². The molecule has 1 saturated heterocycles. The number of amides is 1. The number of carbonyl (C=O) groups is 1. The van der Waals surface area contributed by atoms with Crippen LogP contribution in [0.25, 0.3) is 0 Å². The molecule has 29 heavy (non-hydrogen) atoms. The fourth-order valence-corrected chi connectivity index (χ4v) is 5.09. The molecule has 1 aliphatic heterocycles. The second-order valence-corrected chi connectivity index (χ2v) is 8.48. The predicted octanol–water partition coefficient (Wildman–Crippen LogP) is 4.69. The number of carboxylic acid groups (broad SMARTS) is 1. The van der Waals surface area contributed by atoms with Crippen molar-refractivity contribution in [1.82, 2.24) is 15.1 Å². The van der Waals surface area contributed by atoms with Gasteiger partial charge in [0.2, 0.25) is 0 Å². The summed E-state index contributed by atoms with van der Waals surface area (Å²) in [6.07, 6.45) is 7.34. The van der Waals surface area contributed by atoms with Gasteiger partial charge >= 0.3 is 6.09 Å². The highest BCUT2D eigenvalue weighted by Crippen LogP contribution is 2.36. The minimum absolute atomic E-state index is 0.114. The molecule has 2 aromatic rings. The molecule has 1 aromatic carbocycles. The minimum Gasteiger partial charge on any atom is -0.465 e. The molecule has 6 heteroatoms. The summed E-state index contributed by atoms with van der Waals surface area (Å²) in [5.74, 6) is 0.727. The number of rotatable bonds is 5. The minimum atomic E-state index is -0.853. The van der Waals surface area contributed by atoms with Gasteiger partial charge in [-0.3, -0.25) is 5.10 Å². The number of likely N-dealkylation sites (tertiary alicyclic amines) is 1. The van der Waals surface area contributed by atoms with Gasteiger partial charge in [0.05, 0.1) is 24.9 Å². The number of aryl methyl sites for hydroxylation is 1. The Kier molecular flexibility index (Phi) is 6.19. The number of aromatic nitrogens is 2. The third-order valence-electron chi connectivity index (χ3n) is 6.71. The van der Waals surface area contributed by atoms with Crippen molar-refractivity contribution < 1.29 is 14.6 Å². The summed E-state index contributed by atoms with van der Waals surface area (Å²) in [6.45, 7) is 3.06. The van der Waals surface area contributed by atoms with E-state index in [1.807, 2.05) is 13.1 Å². The van der Waals surface area contributed by atoms with E-state index in [9.17, 15) is 9.90 Å². The van der Waals surface area contributed by atoms with Crippen LogP contribution in [0.2, 0.25) is 0 Å². The van der Waals surface area contributed by atoms with Crippen LogP contribution < -0.4 is 0 Å². The van der Waals surface area contributed by atoms with E-state index < -0.39 is 6.09 Å². The molecule has 2 aliphatic rings. The first-order valence-corrected chi connectivity index (χ1v) is 10.8. The number of nitrogens with zero attached hydrogens (tertiary/aromatic N) is 2. The van der Waals surface area contributed by atoms with Gasteiger partial charge in [-0.15, -0.1) is 0 Å². The zero-order chi connectivity index (χ0) is 20.2. The second-order valence-electron chi connectivity index (χ2n) is 8.48. The third kappa shape index (κ3) is 4.47. The summed E-state index contributed by atoms with van der Waals surface area (Å²) >= 11 is 0. The van der Waals surface area contributed by atoms with E-state index >= 15 is 0 Å². The highest BCUT2D eigenvalue weighted by Gasteiger charge is 2.37. The van der Waals surface area contributed by atoms with Gasteiger partial charge < -0.3 is 14.7 Å². The number of hydrogen-bond donors (Lipinski definition) is 2. The van der Waals surface area contributed by atoms with E-state index in [-0.39, 0.29) is 18.1 Å². The van der Waals surface area contributed by atoms with Crippen LogP contribution in [0.5, 0.6) is 0 Å². The molecule has 0 radical (unpaired) electrons. The number of ether oxygens (including phenoxy) is 1. The molecule has 1 aromatic heterocycles. The summed E-state index contributed by atoms with van der Waals surface area (Å²) in [7, 11) is 0. The molecule has 2 N–H and O–H groups in total. The van der Waals surface area contributed by atoms with Crippen molar-refractivity contribution in [3.8, 4) is 0 Å². The van der Waals surface area contributed by atoms with Crippen molar-refractivity contribution in [2.45, 2.75) is 69.4 Å². The third-order valence-corrected chi connectivity index (χ3v) is 6.71. The number of aromatic amines is 1. The van der Waals surface area contributed by atoms with E-state index in [4.69, 9.17) is 4.74 Å². The summed E-state index contributed by atoms with van der Waals surface area (Å²) in [6, 6.07) is 10.6. The van der Waals surface area contributed by atoms with Gasteiger partial charge in [0.15, 0.2) is 0 Å². The Morgan fingerprint density at radius 1 is 1.21 bits per heavy atom. The van der Waals surface area contributed by atoms with Crippen molar-refractivity contribution in [3.05, 3.63) is 53.3 Å². The molecule has 0 unspecified atom stereocenters. The maximum atomic E-state index is 11.9. The van der Waals surface area contributed by atoms with Crippen molar-refractivity contribution in [1.29, 1.82) is 0 Å². The maximum absolute atomic E-state index is 11.9. The lowest BCUT2D eigenvalue weighted by atomic mass is 9.82. The lowest BCUT2D eigenvalue weighted by Gasteiger charge is -2.40.